The molecule has 2 N–H and O–H groups in total. The van der Waals surface area contributed by atoms with Gasteiger partial charge in [-0.2, -0.15) is 0 Å². The van der Waals surface area contributed by atoms with E-state index in [1.54, 1.807) is 13.0 Å². The maximum atomic E-state index is 14.2. The van der Waals surface area contributed by atoms with E-state index in [4.69, 9.17) is 15.9 Å². The minimum absolute atomic E-state index is 0.139. The standard InChI is InChI=1S/C25H27FN2O4/c1-7-15-11-17(12-19-21(15)32-25(5,6)14-24(19,3)4)28-23(30)27-16-9-10-18(20(26)13-16)22(29)31-8-2/h1,9-13H,8,14H2,2-6H3,(H2,27,28,30). The van der Waals surface area contributed by atoms with Crippen molar-refractivity contribution in [2.45, 2.75) is 52.1 Å². The highest BCUT2D eigenvalue weighted by atomic mass is 19.1. The molecule has 2 amide bonds. The molecule has 0 spiro atoms. The van der Waals surface area contributed by atoms with Gasteiger partial charge in [0.05, 0.1) is 17.7 Å². The van der Waals surface area contributed by atoms with Crippen LogP contribution in [0.1, 0.15) is 62.5 Å². The molecule has 0 radical (unpaired) electrons. The molecule has 32 heavy (non-hydrogen) atoms. The van der Waals surface area contributed by atoms with Crippen LogP contribution in [0.4, 0.5) is 20.6 Å². The van der Waals surface area contributed by atoms with Crippen molar-refractivity contribution in [1.29, 1.82) is 0 Å². The molecule has 168 valence electrons. The van der Waals surface area contributed by atoms with Crippen molar-refractivity contribution < 1.29 is 23.5 Å². The number of halogens is 1. The molecule has 2 aromatic carbocycles. The molecule has 0 bridgehead atoms. The SMILES string of the molecule is C#Cc1cc(NC(=O)Nc2ccc(C(=O)OCC)c(F)c2)cc2c1OC(C)(C)CC2(C)C. The van der Waals surface area contributed by atoms with Crippen LogP contribution < -0.4 is 15.4 Å². The molecule has 0 aromatic heterocycles. The van der Waals surface area contributed by atoms with Gasteiger partial charge in [0.1, 0.15) is 17.2 Å². The summed E-state index contributed by atoms with van der Waals surface area (Å²) in [5.41, 5.74) is 1.35. The number of carbonyl (C=O) groups is 2. The third-order valence-corrected chi connectivity index (χ3v) is 5.20. The molecule has 1 aliphatic rings. The molecule has 6 nitrogen and oxygen atoms in total. The predicted molar refractivity (Wildman–Crippen MR) is 122 cm³/mol. The first kappa shape index (κ1) is 23.1. The fourth-order valence-corrected chi connectivity index (χ4v) is 4.15. The largest absolute Gasteiger partial charge is 0.486 e. The number of hydrogen-bond donors (Lipinski definition) is 2. The van der Waals surface area contributed by atoms with Gasteiger partial charge < -0.3 is 20.1 Å². The van der Waals surface area contributed by atoms with E-state index >= 15 is 0 Å². The minimum Gasteiger partial charge on any atom is -0.486 e. The molecule has 0 unspecified atom stereocenters. The second kappa shape index (κ2) is 8.54. The molecule has 1 aliphatic heterocycles. The minimum atomic E-state index is -0.786. The molecule has 0 saturated heterocycles. The van der Waals surface area contributed by atoms with Crippen molar-refractivity contribution in [3.8, 4) is 18.1 Å². The van der Waals surface area contributed by atoms with Gasteiger partial charge in [0, 0.05) is 16.9 Å². The average Bonchev–Trinajstić information content (AvgIpc) is 2.67. The first-order chi connectivity index (χ1) is 15.0. The Hall–Kier alpha value is -3.53. The van der Waals surface area contributed by atoms with E-state index in [-0.39, 0.29) is 28.9 Å². The monoisotopic (exact) mass is 438 g/mol. The molecule has 0 aliphatic carbocycles. The molecule has 0 fully saturated rings. The molecule has 0 saturated carbocycles. The van der Waals surface area contributed by atoms with Gasteiger partial charge in [0.15, 0.2) is 0 Å². The van der Waals surface area contributed by atoms with Crippen LogP contribution in [0, 0.1) is 18.2 Å². The lowest BCUT2D eigenvalue weighted by atomic mass is 9.73. The maximum absolute atomic E-state index is 14.2. The second-order valence-corrected chi connectivity index (χ2v) is 8.96. The Morgan fingerprint density at radius 1 is 1.16 bits per heavy atom. The fraction of sp³-hybridized carbons (Fsp3) is 0.360. The van der Waals surface area contributed by atoms with Crippen molar-refractivity contribution in [3.05, 3.63) is 52.8 Å². The number of nitrogens with one attached hydrogen (secondary N) is 2. The molecule has 3 rings (SSSR count). The average molecular weight is 438 g/mol. The highest BCUT2D eigenvalue weighted by molar-refractivity contribution is 6.00. The quantitative estimate of drug-likeness (QED) is 0.490. The molecule has 0 atom stereocenters. The Morgan fingerprint density at radius 3 is 2.47 bits per heavy atom. The summed E-state index contributed by atoms with van der Waals surface area (Å²) >= 11 is 0. The zero-order valence-corrected chi connectivity index (χ0v) is 18.9. The highest BCUT2D eigenvalue weighted by Crippen LogP contribution is 2.47. The van der Waals surface area contributed by atoms with Crippen molar-refractivity contribution in [1.82, 2.24) is 0 Å². The summed E-state index contributed by atoms with van der Waals surface area (Å²) in [6.07, 6.45) is 6.49. The number of anilines is 2. The fourth-order valence-electron chi connectivity index (χ4n) is 4.15. The molecule has 2 aromatic rings. The van der Waals surface area contributed by atoms with Crippen LogP contribution in [0.25, 0.3) is 0 Å². The van der Waals surface area contributed by atoms with Gasteiger partial charge in [0.2, 0.25) is 0 Å². The first-order valence-electron chi connectivity index (χ1n) is 10.3. The summed E-state index contributed by atoms with van der Waals surface area (Å²) < 4.78 is 25.2. The van der Waals surface area contributed by atoms with E-state index in [9.17, 15) is 14.0 Å². The zero-order valence-electron chi connectivity index (χ0n) is 18.9. The van der Waals surface area contributed by atoms with Gasteiger partial charge in [-0.3, -0.25) is 0 Å². The lowest BCUT2D eigenvalue weighted by molar-refractivity contribution is 0.0517. The summed E-state index contributed by atoms with van der Waals surface area (Å²) in [5, 5.41) is 5.29. The van der Waals surface area contributed by atoms with Crippen LogP contribution in [-0.2, 0) is 10.2 Å². The number of urea groups is 1. The number of carbonyl (C=O) groups excluding carboxylic acids is 2. The van der Waals surface area contributed by atoms with Gasteiger partial charge in [-0.1, -0.05) is 19.8 Å². The Bertz CT molecular complexity index is 1120. The molecular weight excluding hydrogens is 411 g/mol. The lowest BCUT2D eigenvalue weighted by Gasteiger charge is -2.43. The van der Waals surface area contributed by atoms with E-state index in [1.165, 1.54) is 12.1 Å². The number of fused-ring (bicyclic) bond motifs is 1. The van der Waals surface area contributed by atoms with E-state index in [2.05, 4.69) is 30.4 Å². The molecule has 7 heteroatoms. The Labute approximate surface area is 187 Å². The summed E-state index contributed by atoms with van der Waals surface area (Å²) in [4.78, 5) is 24.2. The summed E-state index contributed by atoms with van der Waals surface area (Å²) in [7, 11) is 0. The number of ether oxygens (including phenoxy) is 2. The van der Waals surface area contributed by atoms with Crippen LogP contribution in [0.3, 0.4) is 0 Å². The van der Waals surface area contributed by atoms with Crippen LogP contribution >= 0.6 is 0 Å². The van der Waals surface area contributed by atoms with Gasteiger partial charge in [-0.15, -0.1) is 6.42 Å². The highest BCUT2D eigenvalue weighted by Gasteiger charge is 2.40. The van der Waals surface area contributed by atoms with E-state index in [0.29, 0.717) is 17.0 Å². The third-order valence-electron chi connectivity index (χ3n) is 5.20. The Morgan fingerprint density at radius 2 is 1.84 bits per heavy atom. The van der Waals surface area contributed by atoms with Crippen molar-refractivity contribution in [2.24, 2.45) is 0 Å². The van der Waals surface area contributed by atoms with Gasteiger partial charge in [0.25, 0.3) is 0 Å². The van der Waals surface area contributed by atoms with E-state index in [1.807, 2.05) is 19.9 Å². The number of rotatable bonds is 4. The second-order valence-electron chi connectivity index (χ2n) is 8.96. The van der Waals surface area contributed by atoms with Gasteiger partial charge in [-0.05, 0) is 62.9 Å². The number of hydrogen-bond acceptors (Lipinski definition) is 4. The maximum Gasteiger partial charge on any atom is 0.341 e. The van der Waals surface area contributed by atoms with Crippen LogP contribution in [0.15, 0.2) is 30.3 Å². The first-order valence-corrected chi connectivity index (χ1v) is 10.3. The third kappa shape index (κ3) is 4.86. The smallest absolute Gasteiger partial charge is 0.341 e. The predicted octanol–water partition coefficient (Wildman–Crippen LogP) is 5.47. The lowest BCUT2D eigenvalue weighted by Crippen LogP contribution is -2.41. The van der Waals surface area contributed by atoms with Gasteiger partial charge >= 0.3 is 12.0 Å². The number of esters is 1. The summed E-state index contributed by atoms with van der Waals surface area (Å²) in [6.45, 7) is 10.0. The Balaban J connectivity index is 1.81. The summed E-state index contributed by atoms with van der Waals surface area (Å²) in [5.74, 6) is 1.74. The van der Waals surface area contributed by atoms with E-state index in [0.717, 1.165) is 18.1 Å². The molecule has 1 heterocycles. The zero-order chi connectivity index (χ0) is 23.7. The van der Waals surface area contributed by atoms with Gasteiger partial charge in [-0.25, -0.2) is 14.0 Å². The van der Waals surface area contributed by atoms with Crippen molar-refractivity contribution in [2.75, 3.05) is 17.2 Å². The normalized spacial score (nSPS) is 15.5. The number of benzene rings is 2. The molecular formula is C25H27FN2O4. The van der Waals surface area contributed by atoms with Crippen LogP contribution in [0.5, 0.6) is 5.75 Å². The number of amides is 2. The van der Waals surface area contributed by atoms with Crippen LogP contribution in [-0.4, -0.2) is 24.2 Å². The topological polar surface area (TPSA) is 76.7 Å². The number of terminal acetylenes is 1. The van der Waals surface area contributed by atoms with E-state index < -0.39 is 17.8 Å². The van der Waals surface area contributed by atoms with Crippen molar-refractivity contribution >= 4 is 23.4 Å². The summed E-state index contributed by atoms with van der Waals surface area (Å²) in [6, 6.07) is 6.68. The van der Waals surface area contributed by atoms with Crippen molar-refractivity contribution in [3.63, 3.8) is 0 Å². The van der Waals surface area contributed by atoms with Crippen LogP contribution in [0.2, 0.25) is 0 Å². The Kier molecular flexibility index (Phi) is 6.18.